The Morgan fingerprint density at radius 3 is 2.58 bits per heavy atom. The normalized spacial score (nSPS) is 11.8. The van der Waals surface area contributed by atoms with Gasteiger partial charge >= 0.3 is 6.18 Å². The minimum Gasteiger partial charge on any atom is -0.354 e. The summed E-state index contributed by atoms with van der Waals surface area (Å²) in [5.41, 5.74) is 0.176. The Labute approximate surface area is 145 Å². The lowest BCUT2D eigenvalue weighted by atomic mass is 10.3. The molecule has 0 atom stereocenters. The van der Waals surface area contributed by atoms with Crippen molar-refractivity contribution < 1.29 is 18.0 Å². The first kappa shape index (κ1) is 18.5. The summed E-state index contributed by atoms with van der Waals surface area (Å²) in [6.45, 7) is 4.15. The average molecular weight is 408 g/mol. The number of nitrogens with one attached hydrogen (secondary N) is 1. The minimum atomic E-state index is -4.51. The maximum Gasteiger partial charge on any atom is 0.435 e. The van der Waals surface area contributed by atoms with Gasteiger partial charge in [-0.05, 0) is 42.3 Å². The van der Waals surface area contributed by atoms with Gasteiger partial charge in [0.2, 0.25) is 5.91 Å². The van der Waals surface area contributed by atoms with E-state index in [1.54, 1.807) is 4.68 Å². The van der Waals surface area contributed by atoms with Crippen molar-refractivity contribution >= 4 is 21.8 Å². The molecule has 2 aromatic rings. The highest BCUT2D eigenvalue weighted by atomic mass is 79.9. The molecule has 0 spiro atoms. The molecule has 10 heteroatoms. The molecule has 1 amide bonds. The summed E-state index contributed by atoms with van der Waals surface area (Å²) in [5.74, 6) is -0.382. The van der Waals surface area contributed by atoms with Crippen LogP contribution >= 0.6 is 15.9 Å². The van der Waals surface area contributed by atoms with Crippen LogP contribution in [0.1, 0.15) is 23.5 Å². The SMILES string of the molecule is Cc1nn(CCCNC(=O)Cn2nc(C(F)(F)F)cc2C)cc1Br. The fourth-order valence-electron chi connectivity index (χ4n) is 2.08. The van der Waals surface area contributed by atoms with E-state index in [2.05, 4.69) is 31.4 Å². The molecular weight excluding hydrogens is 391 g/mol. The average Bonchev–Trinajstić information content (AvgIpc) is 2.99. The molecule has 0 saturated heterocycles. The number of amides is 1. The number of halogens is 4. The Hall–Kier alpha value is -1.84. The quantitative estimate of drug-likeness (QED) is 0.748. The van der Waals surface area contributed by atoms with Gasteiger partial charge in [0.25, 0.3) is 0 Å². The molecule has 1 N–H and O–H groups in total. The molecule has 0 aliphatic rings. The van der Waals surface area contributed by atoms with Gasteiger partial charge in [-0.2, -0.15) is 23.4 Å². The van der Waals surface area contributed by atoms with Crippen molar-refractivity contribution in [2.75, 3.05) is 6.54 Å². The second kappa shape index (κ2) is 7.37. The zero-order valence-corrected chi connectivity index (χ0v) is 14.8. The monoisotopic (exact) mass is 407 g/mol. The van der Waals surface area contributed by atoms with Crippen LogP contribution in [0.15, 0.2) is 16.7 Å². The van der Waals surface area contributed by atoms with Crippen molar-refractivity contribution in [1.29, 1.82) is 0 Å². The first-order valence-electron chi connectivity index (χ1n) is 7.24. The van der Waals surface area contributed by atoms with E-state index >= 15 is 0 Å². The van der Waals surface area contributed by atoms with E-state index in [0.29, 0.717) is 19.5 Å². The number of aromatic nitrogens is 4. The lowest BCUT2D eigenvalue weighted by Crippen LogP contribution is -2.29. The number of carbonyl (C=O) groups excluding carboxylic acids is 1. The van der Waals surface area contributed by atoms with Crippen LogP contribution in [-0.2, 0) is 24.1 Å². The largest absolute Gasteiger partial charge is 0.435 e. The summed E-state index contributed by atoms with van der Waals surface area (Å²) in [6.07, 6.45) is -2.00. The van der Waals surface area contributed by atoms with E-state index in [0.717, 1.165) is 20.9 Å². The Morgan fingerprint density at radius 2 is 2.04 bits per heavy atom. The predicted molar refractivity (Wildman–Crippen MR) is 84.3 cm³/mol. The molecule has 0 saturated carbocycles. The molecule has 132 valence electrons. The van der Waals surface area contributed by atoms with Gasteiger partial charge in [0.15, 0.2) is 5.69 Å². The molecule has 0 aliphatic heterocycles. The van der Waals surface area contributed by atoms with Gasteiger partial charge in [0, 0.05) is 25.0 Å². The zero-order chi connectivity index (χ0) is 17.9. The van der Waals surface area contributed by atoms with Crippen LogP contribution in [0.2, 0.25) is 0 Å². The molecule has 0 aromatic carbocycles. The van der Waals surface area contributed by atoms with Gasteiger partial charge < -0.3 is 5.32 Å². The standard InChI is InChI=1S/C14H17BrF3N5O/c1-9-6-12(14(16,17)18)21-23(9)8-13(24)19-4-3-5-22-7-11(15)10(2)20-22/h6-7H,3-5,8H2,1-2H3,(H,19,24). The lowest BCUT2D eigenvalue weighted by molar-refractivity contribution is -0.141. The molecule has 24 heavy (non-hydrogen) atoms. The lowest BCUT2D eigenvalue weighted by Gasteiger charge is -2.07. The Morgan fingerprint density at radius 1 is 1.33 bits per heavy atom. The number of hydrogen-bond donors (Lipinski definition) is 1. The number of carbonyl (C=O) groups is 1. The van der Waals surface area contributed by atoms with E-state index in [4.69, 9.17) is 0 Å². The summed E-state index contributed by atoms with van der Waals surface area (Å²) < 4.78 is 41.4. The first-order chi connectivity index (χ1) is 11.2. The molecule has 0 bridgehead atoms. The number of nitrogens with zero attached hydrogens (tertiary/aromatic N) is 4. The van der Waals surface area contributed by atoms with Crippen molar-refractivity contribution in [3.05, 3.63) is 33.8 Å². The predicted octanol–water partition coefficient (Wildman–Crippen LogP) is 2.68. The van der Waals surface area contributed by atoms with Crippen molar-refractivity contribution in [1.82, 2.24) is 24.9 Å². The summed E-state index contributed by atoms with van der Waals surface area (Å²) in [5, 5.41) is 10.4. The van der Waals surface area contributed by atoms with Gasteiger partial charge in [-0.3, -0.25) is 14.2 Å². The number of aryl methyl sites for hydroxylation is 3. The number of rotatable bonds is 6. The molecule has 2 rings (SSSR count). The molecule has 6 nitrogen and oxygen atoms in total. The fraction of sp³-hybridized carbons (Fsp3) is 0.500. The Balaban J connectivity index is 1.78. The van der Waals surface area contributed by atoms with Gasteiger partial charge in [-0.1, -0.05) is 0 Å². The van der Waals surface area contributed by atoms with Crippen molar-refractivity contribution in [2.45, 2.75) is 39.5 Å². The topological polar surface area (TPSA) is 64.7 Å². The van der Waals surface area contributed by atoms with Gasteiger partial charge in [-0.25, -0.2) is 0 Å². The Kier molecular flexibility index (Phi) is 5.68. The van der Waals surface area contributed by atoms with Crippen molar-refractivity contribution in [3.63, 3.8) is 0 Å². The van der Waals surface area contributed by atoms with Crippen molar-refractivity contribution in [3.8, 4) is 0 Å². The van der Waals surface area contributed by atoms with Crippen LogP contribution in [0, 0.1) is 13.8 Å². The van der Waals surface area contributed by atoms with Crippen LogP contribution in [0.25, 0.3) is 0 Å². The molecule has 0 radical (unpaired) electrons. The maximum atomic E-state index is 12.6. The zero-order valence-electron chi connectivity index (χ0n) is 13.2. The van der Waals surface area contributed by atoms with Gasteiger partial charge in [0.1, 0.15) is 6.54 Å². The third-order valence-electron chi connectivity index (χ3n) is 3.34. The van der Waals surface area contributed by atoms with Crippen molar-refractivity contribution in [2.24, 2.45) is 0 Å². The van der Waals surface area contributed by atoms with Crippen LogP contribution in [0.5, 0.6) is 0 Å². The molecular formula is C14H17BrF3N5O. The first-order valence-corrected chi connectivity index (χ1v) is 8.04. The molecule has 0 unspecified atom stereocenters. The maximum absolute atomic E-state index is 12.6. The smallest absolute Gasteiger partial charge is 0.354 e. The minimum absolute atomic E-state index is 0.242. The van der Waals surface area contributed by atoms with Crippen LogP contribution in [0.4, 0.5) is 13.2 Å². The second-order valence-electron chi connectivity index (χ2n) is 5.36. The molecule has 0 aliphatic carbocycles. The van der Waals surface area contributed by atoms with E-state index in [1.165, 1.54) is 6.92 Å². The molecule has 2 heterocycles. The van der Waals surface area contributed by atoms with Crippen LogP contribution < -0.4 is 5.32 Å². The van der Waals surface area contributed by atoms with E-state index in [9.17, 15) is 18.0 Å². The van der Waals surface area contributed by atoms with Crippen LogP contribution in [-0.4, -0.2) is 32.0 Å². The summed E-state index contributed by atoms with van der Waals surface area (Å²) >= 11 is 3.37. The van der Waals surface area contributed by atoms with E-state index < -0.39 is 11.9 Å². The van der Waals surface area contributed by atoms with Gasteiger partial charge in [-0.15, -0.1) is 0 Å². The van der Waals surface area contributed by atoms with E-state index in [1.807, 2.05) is 13.1 Å². The Bertz CT molecular complexity index is 703. The summed E-state index contributed by atoms with van der Waals surface area (Å²) in [7, 11) is 0. The highest BCUT2D eigenvalue weighted by Gasteiger charge is 2.34. The van der Waals surface area contributed by atoms with E-state index in [-0.39, 0.29) is 18.1 Å². The summed E-state index contributed by atoms with van der Waals surface area (Å²) in [6, 6.07) is 0.922. The third kappa shape index (κ3) is 4.83. The highest BCUT2D eigenvalue weighted by molar-refractivity contribution is 9.10. The third-order valence-corrected chi connectivity index (χ3v) is 4.12. The molecule has 0 fully saturated rings. The fourth-order valence-corrected chi connectivity index (χ4v) is 2.39. The summed E-state index contributed by atoms with van der Waals surface area (Å²) in [4.78, 5) is 11.8. The number of alkyl halides is 3. The molecule has 2 aromatic heterocycles. The van der Waals surface area contributed by atoms with Crippen LogP contribution in [0.3, 0.4) is 0 Å². The second-order valence-corrected chi connectivity index (χ2v) is 6.21. The van der Waals surface area contributed by atoms with Gasteiger partial charge in [0.05, 0.1) is 10.2 Å². The number of hydrogen-bond acceptors (Lipinski definition) is 3. The highest BCUT2D eigenvalue weighted by Crippen LogP contribution is 2.28.